The molecule has 26 heavy (non-hydrogen) atoms. The van der Waals surface area contributed by atoms with E-state index in [1.54, 1.807) is 35.6 Å². The molecule has 0 fully saturated rings. The molecule has 2 aromatic carbocycles. The molecule has 130 valence electrons. The maximum Gasteiger partial charge on any atom is 0.329 e. The highest BCUT2D eigenvalue weighted by molar-refractivity contribution is 7.19. The van der Waals surface area contributed by atoms with Gasteiger partial charge in [-0.25, -0.2) is 4.79 Å². The molecule has 1 aromatic heterocycles. The van der Waals surface area contributed by atoms with E-state index in [1.807, 2.05) is 30.3 Å². The van der Waals surface area contributed by atoms with Crippen molar-refractivity contribution < 1.29 is 19.1 Å². The molecule has 3 aromatic rings. The van der Waals surface area contributed by atoms with Crippen LogP contribution in [0.1, 0.15) is 25.6 Å². The molecule has 0 bridgehead atoms. The van der Waals surface area contributed by atoms with Crippen LogP contribution >= 0.6 is 11.3 Å². The van der Waals surface area contributed by atoms with Gasteiger partial charge in [0.15, 0.2) is 0 Å². The van der Waals surface area contributed by atoms with Gasteiger partial charge in [0.05, 0.1) is 18.2 Å². The van der Waals surface area contributed by atoms with Gasteiger partial charge in [0.25, 0.3) is 11.8 Å². The molecule has 0 saturated carbocycles. The summed E-state index contributed by atoms with van der Waals surface area (Å²) in [5.74, 6) is -1.51. The van der Waals surface area contributed by atoms with Crippen molar-refractivity contribution in [1.29, 1.82) is 0 Å². The van der Waals surface area contributed by atoms with E-state index in [2.05, 4.69) is 0 Å². The van der Waals surface area contributed by atoms with E-state index in [0.717, 1.165) is 19.9 Å². The lowest BCUT2D eigenvalue weighted by molar-refractivity contribution is -0.145. The number of fused-ring (bicyclic) bond motifs is 2. The lowest BCUT2D eigenvalue weighted by Crippen LogP contribution is -2.46. The zero-order chi connectivity index (χ0) is 18.3. The number of amides is 2. The molecule has 0 aliphatic carbocycles. The number of thiophene rings is 1. The van der Waals surface area contributed by atoms with Crippen molar-refractivity contribution >= 4 is 39.2 Å². The molecule has 2 amide bonds. The van der Waals surface area contributed by atoms with Crippen LogP contribution in [0.5, 0.6) is 0 Å². The molecule has 0 unspecified atom stereocenters. The van der Waals surface area contributed by atoms with Gasteiger partial charge in [-0.2, -0.15) is 0 Å². The number of hydrogen-bond acceptors (Lipinski definition) is 5. The Hall–Kier alpha value is -2.99. The average molecular weight is 365 g/mol. The Bertz CT molecular complexity index is 971. The molecule has 0 radical (unpaired) electrons. The number of nitrogens with zero attached hydrogens (tertiary/aromatic N) is 1. The first-order valence-electron chi connectivity index (χ1n) is 8.12. The Morgan fingerprint density at radius 1 is 1.04 bits per heavy atom. The van der Waals surface area contributed by atoms with E-state index in [9.17, 15) is 14.4 Å². The van der Waals surface area contributed by atoms with Crippen LogP contribution < -0.4 is 0 Å². The van der Waals surface area contributed by atoms with Crippen LogP contribution in [0.4, 0.5) is 0 Å². The summed E-state index contributed by atoms with van der Waals surface area (Å²) in [6.45, 7) is 0. The van der Waals surface area contributed by atoms with Crippen LogP contribution in [0, 0.1) is 0 Å². The monoisotopic (exact) mass is 365 g/mol. The lowest BCUT2D eigenvalue weighted by atomic mass is 10.1. The van der Waals surface area contributed by atoms with Crippen molar-refractivity contribution in [2.24, 2.45) is 0 Å². The van der Waals surface area contributed by atoms with Gasteiger partial charge in [-0.3, -0.25) is 14.5 Å². The molecule has 1 aliphatic heterocycles. The maximum absolute atomic E-state index is 12.7. The van der Waals surface area contributed by atoms with Gasteiger partial charge in [0, 0.05) is 16.0 Å². The summed E-state index contributed by atoms with van der Waals surface area (Å²) in [7, 11) is 1.26. The van der Waals surface area contributed by atoms with E-state index in [4.69, 9.17) is 4.74 Å². The van der Waals surface area contributed by atoms with E-state index < -0.39 is 23.8 Å². The van der Waals surface area contributed by atoms with Gasteiger partial charge in [-0.05, 0) is 29.7 Å². The Labute approximate surface area is 153 Å². The standard InChI is InChI=1S/C20H15NO4S/c1-25-20(24)16(11-13-10-12-6-2-5-9-17(12)26-13)21-18(22)14-7-3-4-8-15(14)19(21)23/h2-10,16H,11H2,1H3/t16-/m0/s1. The highest BCUT2D eigenvalue weighted by Crippen LogP contribution is 2.30. The van der Waals surface area contributed by atoms with E-state index >= 15 is 0 Å². The van der Waals surface area contributed by atoms with Crippen molar-refractivity contribution in [1.82, 2.24) is 4.90 Å². The van der Waals surface area contributed by atoms with E-state index in [1.165, 1.54) is 7.11 Å². The Balaban J connectivity index is 1.71. The Morgan fingerprint density at radius 3 is 2.27 bits per heavy atom. The summed E-state index contributed by atoms with van der Waals surface area (Å²) in [4.78, 5) is 39.8. The molecule has 0 saturated heterocycles. The van der Waals surface area contributed by atoms with Crippen LogP contribution in [0.25, 0.3) is 10.1 Å². The smallest absolute Gasteiger partial charge is 0.329 e. The quantitative estimate of drug-likeness (QED) is 0.526. The second-order valence-corrected chi connectivity index (χ2v) is 7.19. The third-order valence-electron chi connectivity index (χ3n) is 4.48. The number of hydrogen-bond donors (Lipinski definition) is 0. The molecule has 0 spiro atoms. The number of methoxy groups -OCH3 is 1. The summed E-state index contributed by atoms with van der Waals surface area (Å²) in [5, 5.41) is 1.07. The van der Waals surface area contributed by atoms with Gasteiger partial charge in [0.1, 0.15) is 6.04 Å². The largest absolute Gasteiger partial charge is 0.467 e. The van der Waals surface area contributed by atoms with E-state index in [-0.39, 0.29) is 6.42 Å². The second-order valence-electron chi connectivity index (χ2n) is 6.02. The third-order valence-corrected chi connectivity index (χ3v) is 5.62. The SMILES string of the molecule is COC(=O)[C@H](Cc1cc2ccccc2s1)N1C(=O)c2ccccc2C1=O. The molecular formula is C20H15NO4S. The molecule has 4 rings (SSSR count). The fourth-order valence-electron chi connectivity index (χ4n) is 3.24. The number of carbonyl (C=O) groups is 3. The average Bonchev–Trinajstić information content (AvgIpc) is 3.18. The van der Waals surface area contributed by atoms with Crippen LogP contribution in [0.15, 0.2) is 54.6 Å². The van der Waals surface area contributed by atoms with Crippen LogP contribution in [-0.4, -0.2) is 35.8 Å². The molecule has 1 aliphatic rings. The molecular weight excluding hydrogens is 350 g/mol. The number of ether oxygens (including phenoxy) is 1. The number of rotatable bonds is 4. The summed E-state index contributed by atoms with van der Waals surface area (Å²) in [5.41, 5.74) is 0.644. The number of carbonyl (C=O) groups excluding carboxylic acids is 3. The predicted octanol–water partition coefficient (Wildman–Crippen LogP) is 3.28. The van der Waals surface area contributed by atoms with Crippen molar-refractivity contribution in [3.05, 3.63) is 70.6 Å². The number of imide groups is 1. The third kappa shape index (κ3) is 2.59. The Morgan fingerprint density at radius 2 is 1.65 bits per heavy atom. The predicted molar refractivity (Wildman–Crippen MR) is 98.3 cm³/mol. The van der Waals surface area contributed by atoms with Crippen molar-refractivity contribution in [3.8, 4) is 0 Å². The number of benzene rings is 2. The molecule has 1 atom stereocenters. The first-order valence-corrected chi connectivity index (χ1v) is 8.94. The summed E-state index contributed by atoms with van der Waals surface area (Å²) >= 11 is 1.54. The first kappa shape index (κ1) is 16.5. The lowest BCUT2D eigenvalue weighted by Gasteiger charge is -2.23. The highest BCUT2D eigenvalue weighted by atomic mass is 32.1. The van der Waals surface area contributed by atoms with Gasteiger partial charge in [-0.1, -0.05) is 30.3 Å². The van der Waals surface area contributed by atoms with Crippen LogP contribution in [0.3, 0.4) is 0 Å². The summed E-state index contributed by atoms with van der Waals surface area (Å²) in [6.07, 6.45) is 0.234. The Kier molecular flexibility index (Phi) is 4.05. The van der Waals surface area contributed by atoms with Gasteiger partial charge in [0.2, 0.25) is 0 Å². The van der Waals surface area contributed by atoms with Gasteiger partial charge < -0.3 is 4.74 Å². The van der Waals surface area contributed by atoms with Crippen LogP contribution in [-0.2, 0) is 16.0 Å². The fourth-order valence-corrected chi connectivity index (χ4v) is 4.34. The fraction of sp³-hybridized carbons (Fsp3) is 0.150. The minimum Gasteiger partial charge on any atom is -0.467 e. The molecule has 2 heterocycles. The van der Waals surface area contributed by atoms with E-state index in [0.29, 0.717) is 11.1 Å². The highest BCUT2D eigenvalue weighted by Gasteiger charge is 2.43. The minimum atomic E-state index is -0.986. The normalized spacial score (nSPS) is 14.6. The van der Waals surface area contributed by atoms with Crippen molar-refractivity contribution in [2.75, 3.05) is 7.11 Å². The minimum absolute atomic E-state index is 0.234. The molecule has 0 N–H and O–H groups in total. The van der Waals surface area contributed by atoms with Gasteiger partial charge in [-0.15, -0.1) is 11.3 Å². The summed E-state index contributed by atoms with van der Waals surface area (Å²) in [6, 6.07) is 15.5. The maximum atomic E-state index is 12.7. The molecule has 6 heteroatoms. The van der Waals surface area contributed by atoms with Gasteiger partial charge >= 0.3 is 5.97 Å². The first-order chi connectivity index (χ1) is 12.6. The van der Waals surface area contributed by atoms with Crippen molar-refractivity contribution in [3.63, 3.8) is 0 Å². The zero-order valence-electron chi connectivity index (χ0n) is 14.0. The van der Waals surface area contributed by atoms with Crippen LogP contribution in [0.2, 0.25) is 0 Å². The molecule has 5 nitrogen and oxygen atoms in total. The topological polar surface area (TPSA) is 63.7 Å². The number of esters is 1. The zero-order valence-corrected chi connectivity index (χ0v) is 14.8. The second kappa shape index (κ2) is 6.38. The van der Waals surface area contributed by atoms with Crippen molar-refractivity contribution in [2.45, 2.75) is 12.5 Å². The summed E-state index contributed by atoms with van der Waals surface area (Å²) < 4.78 is 5.98.